The fourth-order valence-electron chi connectivity index (χ4n) is 2.37. The molecule has 0 bridgehead atoms. The fourth-order valence-corrected chi connectivity index (χ4v) is 2.37. The van der Waals surface area contributed by atoms with Crippen molar-refractivity contribution in [3.05, 3.63) is 41.5 Å². The fraction of sp³-hybridized carbons (Fsp3) is 0.467. The van der Waals surface area contributed by atoms with Gasteiger partial charge < -0.3 is 14.1 Å². The van der Waals surface area contributed by atoms with Gasteiger partial charge in [-0.05, 0) is 18.9 Å². The van der Waals surface area contributed by atoms with Crippen molar-refractivity contribution in [3.8, 4) is 0 Å². The van der Waals surface area contributed by atoms with Gasteiger partial charge in [0, 0.05) is 11.5 Å². The molecular formula is C15H16FN3O2. The smallest absolute Gasteiger partial charge is 0.318 e. The van der Waals surface area contributed by atoms with Crippen LogP contribution in [0, 0.1) is 5.82 Å². The minimum Gasteiger partial charge on any atom is -0.408 e. The van der Waals surface area contributed by atoms with Crippen molar-refractivity contribution in [2.24, 2.45) is 0 Å². The molecule has 0 spiro atoms. The van der Waals surface area contributed by atoms with Crippen molar-refractivity contribution in [1.82, 2.24) is 10.2 Å². The van der Waals surface area contributed by atoms with Crippen LogP contribution in [0.3, 0.4) is 0 Å². The highest BCUT2D eigenvalue weighted by molar-refractivity contribution is 5.31. The quantitative estimate of drug-likeness (QED) is 0.846. The largest absolute Gasteiger partial charge is 0.408 e. The second-order valence-corrected chi connectivity index (χ2v) is 5.63. The zero-order valence-electron chi connectivity index (χ0n) is 11.5. The summed E-state index contributed by atoms with van der Waals surface area (Å²) >= 11 is 0. The number of aromatic nitrogens is 2. The lowest BCUT2D eigenvalue weighted by Gasteiger charge is -2.37. The van der Waals surface area contributed by atoms with Crippen molar-refractivity contribution in [2.45, 2.75) is 31.5 Å². The standard InChI is InChI=1S/C15H16FN3O2/c16-13-4-2-1-3-11(13)9-20-12-7-19(8-12)15-18-17-14(21-15)10-5-6-10/h1-4,10,12H,5-9H2. The number of hydrogen-bond donors (Lipinski definition) is 0. The van der Waals surface area contributed by atoms with Crippen LogP contribution < -0.4 is 4.90 Å². The van der Waals surface area contributed by atoms with E-state index >= 15 is 0 Å². The first kappa shape index (κ1) is 12.8. The number of ether oxygens (including phenoxy) is 1. The topological polar surface area (TPSA) is 51.4 Å². The molecule has 2 aromatic rings. The minimum atomic E-state index is -0.223. The maximum Gasteiger partial charge on any atom is 0.318 e. The van der Waals surface area contributed by atoms with E-state index in [0.717, 1.165) is 18.7 Å². The Balaban J connectivity index is 1.28. The summed E-state index contributed by atoms with van der Waals surface area (Å²) in [4.78, 5) is 1.99. The molecule has 1 aliphatic carbocycles. The van der Waals surface area contributed by atoms with Gasteiger partial charge in [-0.1, -0.05) is 23.3 Å². The molecule has 0 atom stereocenters. The molecule has 1 aromatic heterocycles. The monoisotopic (exact) mass is 289 g/mol. The van der Waals surface area contributed by atoms with Crippen LogP contribution in [0.15, 0.2) is 28.7 Å². The summed E-state index contributed by atoms with van der Waals surface area (Å²) in [5.74, 6) is 1.00. The molecule has 6 heteroatoms. The lowest BCUT2D eigenvalue weighted by molar-refractivity contribution is 0.0190. The van der Waals surface area contributed by atoms with Crippen LogP contribution in [-0.2, 0) is 11.3 Å². The van der Waals surface area contributed by atoms with Gasteiger partial charge in [0.15, 0.2) is 0 Å². The average Bonchev–Trinajstić information content (AvgIpc) is 3.18. The van der Waals surface area contributed by atoms with Crippen LogP contribution >= 0.6 is 0 Å². The molecule has 1 aromatic carbocycles. The normalized spacial score (nSPS) is 18.8. The SMILES string of the molecule is Fc1ccccc1COC1CN(c2nnc(C3CC3)o2)C1. The summed E-state index contributed by atoms with van der Waals surface area (Å²) < 4.78 is 24.8. The summed E-state index contributed by atoms with van der Waals surface area (Å²) in [5, 5.41) is 8.12. The molecule has 2 fully saturated rings. The van der Waals surface area contributed by atoms with Crippen LogP contribution in [0.25, 0.3) is 0 Å². The van der Waals surface area contributed by atoms with E-state index in [-0.39, 0.29) is 11.9 Å². The van der Waals surface area contributed by atoms with Crippen molar-refractivity contribution in [1.29, 1.82) is 0 Å². The van der Waals surface area contributed by atoms with Crippen LogP contribution in [0.1, 0.15) is 30.2 Å². The highest BCUT2D eigenvalue weighted by Crippen LogP contribution is 2.40. The molecule has 1 saturated heterocycles. The van der Waals surface area contributed by atoms with Crippen LogP contribution in [-0.4, -0.2) is 29.4 Å². The van der Waals surface area contributed by atoms with E-state index in [2.05, 4.69) is 10.2 Å². The molecule has 2 heterocycles. The lowest BCUT2D eigenvalue weighted by Crippen LogP contribution is -2.52. The summed E-state index contributed by atoms with van der Waals surface area (Å²) in [6.45, 7) is 1.71. The third kappa shape index (κ3) is 2.63. The molecule has 0 radical (unpaired) electrons. The number of nitrogens with zero attached hydrogens (tertiary/aromatic N) is 3. The number of halogens is 1. The first-order valence-electron chi connectivity index (χ1n) is 7.23. The van der Waals surface area contributed by atoms with Gasteiger partial charge in [-0.25, -0.2) is 4.39 Å². The predicted molar refractivity (Wildman–Crippen MR) is 73.5 cm³/mol. The van der Waals surface area contributed by atoms with Gasteiger partial charge in [-0.3, -0.25) is 0 Å². The van der Waals surface area contributed by atoms with Gasteiger partial charge in [-0.2, -0.15) is 0 Å². The van der Waals surface area contributed by atoms with Gasteiger partial charge in [0.05, 0.1) is 25.8 Å². The first-order chi connectivity index (χ1) is 10.3. The maximum absolute atomic E-state index is 13.5. The molecule has 21 heavy (non-hydrogen) atoms. The molecule has 0 N–H and O–H groups in total. The number of hydrogen-bond acceptors (Lipinski definition) is 5. The zero-order chi connectivity index (χ0) is 14.2. The molecule has 0 amide bonds. The third-order valence-electron chi connectivity index (χ3n) is 3.91. The minimum absolute atomic E-state index is 0.0841. The first-order valence-corrected chi connectivity index (χ1v) is 7.23. The van der Waals surface area contributed by atoms with Gasteiger partial charge in [-0.15, -0.1) is 5.10 Å². The Labute approximate surface area is 121 Å². The Kier molecular flexibility index (Phi) is 3.11. The van der Waals surface area contributed by atoms with Crippen molar-refractivity contribution >= 4 is 6.01 Å². The Morgan fingerprint density at radius 1 is 1.24 bits per heavy atom. The highest BCUT2D eigenvalue weighted by atomic mass is 19.1. The Bertz CT molecular complexity index is 635. The number of rotatable bonds is 5. The van der Waals surface area contributed by atoms with E-state index in [1.165, 1.54) is 6.07 Å². The second-order valence-electron chi connectivity index (χ2n) is 5.63. The van der Waals surface area contributed by atoms with E-state index in [0.29, 0.717) is 37.2 Å². The number of anilines is 1. The number of benzene rings is 1. The van der Waals surface area contributed by atoms with E-state index < -0.39 is 0 Å². The van der Waals surface area contributed by atoms with Crippen LogP contribution in [0.4, 0.5) is 10.4 Å². The summed E-state index contributed by atoms with van der Waals surface area (Å²) in [7, 11) is 0. The molecule has 110 valence electrons. The predicted octanol–water partition coefficient (Wildman–Crippen LogP) is 2.49. The lowest BCUT2D eigenvalue weighted by atomic mass is 10.2. The van der Waals surface area contributed by atoms with Crippen molar-refractivity contribution < 1.29 is 13.5 Å². The highest BCUT2D eigenvalue weighted by Gasteiger charge is 2.34. The molecule has 1 aliphatic heterocycles. The molecular weight excluding hydrogens is 273 g/mol. The molecule has 1 saturated carbocycles. The molecule has 5 nitrogen and oxygen atoms in total. The zero-order valence-corrected chi connectivity index (χ0v) is 11.5. The van der Waals surface area contributed by atoms with E-state index in [1.807, 2.05) is 11.0 Å². The molecule has 0 unspecified atom stereocenters. The average molecular weight is 289 g/mol. The Morgan fingerprint density at radius 2 is 2.05 bits per heavy atom. The van der Waals surface area contributed by atoms with Crippen molar-refractivity contribution in [2.75, 3.05) is 18.0 Å². The van der Waals surface area contributed by atoms with Gasteiger partial charge >= 0.3 is 6.01 Å². The maximum atomic E-state index is 13.5. The summed E-state index contributed by atoms with van der Waals surface area (Å²) in [6, 6.07) is 7.25. The van der Waals surface area contributed by atoms with Gasteiger partial charge in [0.25, 0.3) is 0 Å². The molecule has 4 rings (SSSR count). The van der Waals surface area contributed by atoms with Gasteiger partial charge in [0.1, 0.15) is 5.82 Å². The second kappa shape index (κ2) is 5.11. The van der Waals surface area contributed by atoms with E-state index in [1.54, 1.807) is 12.1 Å². The van der Waals surface area contributed by atoms with E-state index in [9.17, 15) is 4.39 Å². The summed E-state index contributed by atoms with van der Waals surface area (Å²) in [5.41, 5.74) is 0.588. The van der Waals surface area contributed by atoms with Gasteiger partial charge in [0.2, 0.25) is 5.89 Å². The summed E-state index contributed by atoms with van der Waals surface area (Å²) in [6.07, 6.45) is 2.38. The third-order valence-corrected chi connectivity index (χ3v) is 3.91. The van der Waals surface area contributed by atoms with Crippen LogP contribution in [0.5, 0.6) is 0 Å². The van der Waals surface area contributed by atoms with E-state index in [4.69, 9.17) is 9.15 Å². The Morgan fingerprint density at radius 3 is 2.81 bits per heavy atom. The van der Waals surface area contributed by atoms with Crippen molar-refractivity contribution in [3.63, 3.8) is 0 Å². The van der Waals surface area contributed by atoms with Crippen LogP contribution in [0.2, 0.25) is 0 Å². The Hall–Kier alpha value is -1.95. The molecule has 2 aliphatic rings.